The first-order chi connectivity index (χ1) is 15.3. The summed E-state index contributed by atoms with van der Waals surface area (Å²) >= 11 is 0. The molecular formula is C20H16N8O. The van der Waals surface area contributed by atoms with Gasteiger partial charge in [0.2, 0.25) is 0 Å². The lowest BCUT2D eigenvalue weighted by Gasteiger charge is -2.06. The van der Waals surface area contributed by atoms with Crippen molar-refractivity contribution in [2.45, 2.75) is 0 Å². The average molecular weight is 387 g/mol. The number of fused-ring (bicyclic) bond motifs is 4. The number of aryl methyl sites for hydroxylation is 2. The number of pyridine rings is 1. The SMILES string of the molecule is [2H]C([2H])([2H])n1ncc2cc(-c3c[nH]c4nc(-c5cn[nH]c5)c5c([nH]c(=O)n5C)c34)ccc21. The van der Waals surface area contributed by atoms with Crippen LogP contribution in [-0.4, -0.2) is 39.5 Å². The number of hydrogen-bond acceptors (Lipinski definition) is 4. The first-order valence-electron chi connectivity index (χ1n) is 10.4. The summed E-state index contributed by atoms with van der Waals surface area (Å²) in [6.45, 7) is -2.35. The summed E-state index contributed by atoms with van der Waals surface area (Å²) < 4.78 is 25.5. The number of rotatable bonds is 2. The zero-order valence-corrected chi connectivity index (χ0v) is 15.2. The van der Waals surface area contributed by atoms with Crippen LogP contribution in [0.2, 0.25) is 0 Å². The lowest BCUT2D eigenvalue weighted by Crippen LogP contribution is -2.12. The summed E-state index contributed by atoms with van der Waals surface area (Å²) in [5, 5.41) is 12.3. The van der Waals surface area contributed by atoms with Gasteiger partial charge in [-0.15, -0.1) is 0 Å². The number of H-pyrrole nitrogens is 3. The Kier molecular flexibility index (Phi) is 2.46. The van der Waals surface area contributed by atoms with Crippen LogP contribution >= 0.6 is 0 Å². The lowest BCUT2D eigenvalue weighted by molar-refractivity contribution is 0.797. The molecule has 0 bridgehead atoms. The van der Waals surface area contributed by atoms with Gasteiger partial charge in [-0.25, -0.2) is 9.78 Å². The predicted octanol–water partition coefficient (Wildman–Crippen LogP) is 2.69. The van der Waals surface area contributed by atoms with E-state index in [0.29, 0.717) is 33.3 Å². The van der Waals surface area contributed by atoms with Crippen LogP contribution in [0.4, 0.5) is 0 Å². The highest BCUT2D eigenvalue weighted by Crippen LogP contribution is 2.36. The molecule has 9 heteroatoms. The molecule has 0 saturated heterocycles. The van der Waals surface area contributed by atoms with Crippen LogP contribution in [0, 0.1) is 0 Å². The lowest BCUT2D eigenvalue weighted by atomic mass is 10.0. The molecule has 142 valence electrons. The molecule has 5 heterocycles. The second-order valence-corrected chi connectivity index (χ2v) is 6.92. The number of nitrogens with one attached hydrogen (secondary N) is 3. The molecule has 9 nitrogen and oxygen atoms in total. The van der Waals surface area contributed by atoms with Gasteiger partial charge < -0.3 is 9.97 Å². The fourth-order valence-corrected chi connectivity index (χ4v) is 3.91. The van der Waals surface area contributed by atoms with Crippen LogP contribution in [0.15, 0.2) is 47.8 Å². The molecule has 6 aromatic rings. The molecule has 0 unspecified atom stereocenters. The molecule has 0 aliphatic heterocycles. The summed E-state index contributed by atoms with van der Waals surface area (Å²) in [5.74, 6) is 0. The van der Waals surface area contributed by atoms with Crippen molar-refractivity contribution in [3.63, 3.8) is 0 Å². The minimum Gasteiger partial charge on any atom is -0.345 e. The Hall–Kier alpha value is -4.14. The highest BCUT2D eigenvalue weighted by atomic mass is 16.1. The van der Waals surface area contributed by atoms with Crippen molar-refractivity contribution in [3.05, 3.63) is 53.5 Å². The van der Waals surface area contributed by atoms with Crippen LogP contribution in [0.3, 0.4) is 0 Å². The van der Waals surface area contributed by atoms with Gasteiger partial charge in [0.25, 0.3) is 0 Å². The molecule has 0 saturated carbocycles. The monoisotopic (exact) mass is 387 g/mol. The normalized spacial score (nSPS) is 13.9. The van der Waals surface area contributed by atoms with Gasteiger partial charge in [0.1, 0.15) is 11.3 Å². The predicted molar refractivity (Wildman–Crippen MR) is 110 cm³/mol. The molecule has 1 aromatic carbocycles. The molecule has 29 heavy (non-hydrogen) atoms. The highest BCUT2D eigenvalue weighted by Gasteiger charge is 2.20. The minimum absolute atomic E-state index is 0.249. The van der Waals surface area contributed by atoms with E-state index in [4.69, 9.17) is 9.10 Å². The second kappa shape index (κ2) is 5.44. The van der Waals surface area contributed by atoms with E-state index in [-0.39, 0.29) is 5.69 Å². The maximum atomic E-state index is 12.5. The first kappa shape index (κ1) is 13.1. The van der Waals surface area contributed by atoms with Crippen LogP contribution in [0.5, 0.6) is 0 Å². The average Bonchev–Trinajstić information content (AvgIpc) is 3.53. The summed E-state index contributed by atoms with van der Waals surface area (Å²) in [5.41, 5.74) is 5.29. The van der Waals surface area contributed by atoms with E-state index >= 15 is 0 Å². The third-order valence-electron chi connectivity index (χ3n) is 5.32. The first-order valence-corrected chi connectivity index (χ1v) is 8.90. The molecule has 6 rings (SSSR count). The minimum atomic E-state index is -2.35. The van der Waals surface area contributed by atoms with Crippen LogP contribution in [0.1, 0.15) is 4.11 Å². The van der Waals surface area contributed by atoms with Gasteiger partial charge in [0.05, 0.1) is 34.3 Å². The Morgan fingerprint density at radius 2 is 2.10 bits per heavy atom. The van der Waals surface area contributed by atoms with Crippen molar-refractivity contribution >= 4 is 33.0 Å². The van der Waals surface area contributed by atoms with Crippen LogP contribution < -0.4 is 5.69 Å². The molecule has 0 amide bonds. The zero-order valence-electron chi connectivity index (χ0n) is 18.2. The molecule has 0 spiro atoms. The molecule has 0 aliphatic rings. The number of nitrogens with zero attached hydrogens (tertiary/aromatic N) is 5. The van der Waals surface area contributed by atoms with Gasteiger partial charge in [-0.3, -0.25) is 14.3 Å². The summed E-state index contributed by atoms with van der Waals surface area (Å²) in [4.78, 5) is 23.5. The van der Waals surface area contributed by atoms with Crippen molar-refractivity contribution in [2.75, 3.05) is 0 Å². The summed E-state index contributed by atoms with van der Waals surface area (Å²) in [7, 11) is 1.69. The fraction of sp³-hybridized carbons (Fsp3) is 0.100. The molecule has 0 fully saturated rings. The summed E-state index contributed by atoms with van der Waals surface area (Å²) in [6, 6.07) is 5.46. The van der Waals surface area contributed by atoms with Crippen molar-refractivity contribution in [1.29, 1.82) is 0 Å². The van der Waals surface area contributed by atoms with E-state index in [1.807, 2.05) is 18.3 Å². The quantitative estimate of drug-likeness (QED) is 0.424. The van der Waals surface area contributed by atoms with Crippen molar-refractivity contribution in [1.82, 2.24) is 39.5 Å². The standard InChI is InChI=1S/C20H16N8O/c1-27-18-16(12-6-22-23-7-12)25-19-15(17(18)26-20(27)29)13(9-21-19)10-3-4-14-11(5-10)8-24-28(14)2/h3-9H,1-2H3,(H,21,25)(H,22,23)(H,26,29)/i2D3. The van der Waals surface area contributed by atoms with E-state index in [2.05, 4.69) is 25.3 Å². The third-order valence-corrected chi connectivity index (χ3v) is 5.32. The van der Waals surface area contributed by atoms with E-state index < -0.39 is 6.98 Å². The van der Waals surface area contributed by atoms with Gasteiger partial charge in [0.15, 0.2) is 0 Å². The molecule has 0 aliphatic carbocycles. The van der Waals surface area contributed by atoms with Crippen LogP contribution in [0.25, 0.3) is 55.4 Å². The van der Waals surface area contributed by atoms with E-state index in [1.165, 1.54) is 10.8 Å². The van der Waals surface area contributed by atoms with Crippen molar-refractivity contribution in [3.8, 4) is 22.4 Å². The number of imidazole rings is 1. The number of hydrogen-bond donors (Lipinski definition) is 3. The second-order valence-electron chi connectivity index (χ2n) is 6.92. The van der Waals surface area contributed by atoms with Gasteiger partial charge in [-0.2, -0.15) is 10.2 Å². The number of benzene rings is 1. The Balaban J connectivity index is 1.64. The molecule has 5 aromatic heterocycles. The topological polar surface area (TPSA) is 113 Å². The number of aromatic amines is 3. The molecule has 0 radical (unpaired) electrons. The smallest absolute Gasteiger partial charge is 0.326 e. The number of aromatic nitrogens is 8. The Labute approximate surface area is 167 Å². The van der Waals surface area contributed by atoms with Crippen molar-refractivity contribution in [2.24, 2.45) is 14.0 Å². The van der Waals surface area contributed by atoms with Gasteiger partial charge in [-0.1, -0.05) is 6.07 Å². The summed E-state index contributed by atoms with van der Waals surface area (Å²) in [6.07, 6.45) is 6.75. The Bertz CT molecular complexity index is 1700. The largest absolute Gasteiger partial charge is 0.345 e. The van der Waals surface area contributed by atoms with E-state index in [0.717, 1.165) is 26.8 Å². The Morgan fingerprint density at radius 1 is 1.17 bits per heavy atom. The molecule has 3 N–H and O–H groups in total. The van der Waals surface area contributed by atoms with Crippen molar-refractivity contribution < 1.29 is 4.11 Å². The van der Waals surface area contributed by atoms with Gasteiger partial charge in [-0.05, 0) is 17.7 Å². The van der Waals surface area contributed by atoms with Gasteiger partial charge in [0, 0.05) is 47.0 Å². The maximum absolute atomic E-state index is 12.5. The zero-order chi connectivity index (χ0) is 22.2. The molecule has 0 atom stereocenters. The fourth-order valence-electron chi connectivity index (χ4n) is 3.91. The maximum Gasteiger partial charge on any atom is 0.326 e. The molecular weight excluding hydrogens is 368 g/mol. The van der Waals surface area contributed by atoms with E-state index in [1.54, 1.807) is 25.5 Å². The Morgan fingerprint density at radius 3 is 2.93 bits per heavy atom. The van der Waals surface area contributed by atoms with E-state index in [9.17, 15) is 4.79 Å². The third kappa shape index (κ3) is 2.09. The van der Waals surface area contributed by atoms with Crippen LogP contribution in [-0.2, 0) is 14.0 Å². The highest BCUT2D eigenvalue weighted by molar-refractivity contribution is 6.13. The van der Waals surface area contributed by atoms with Gasteiger partial charge >= 0.3 is 5.69 Å².